The van der Waals surface area contributed by atoms with Crippen LogP contribution in [0.25, 0.3) is 0 Å². The number of carbonyl (C=O) groups is 1. The zero-order valence-electron chi connectivity index (χ0n) is 8.66. The van der Waals surface area contributed by atoms with Crippen molar-refractivity contribution in [1.29, 1.82) is 0 Å². The normalized spacial score (nSPS) is 14.6. The van der Waals surface area contributed by atoms with Gasteiger partial charge >= 0.3 is 0 Å². The molecule has 0 rings (SSSR count). The number of hydrogen-bond donors (Lipinski definition) is 0. The Morgan fingerprint density at radius 2 is 1.92 bits per heavy atom. The van der Waals surface area contributed by atoms with Gasteiger partial charge in [0.25, 0.3) is 0 Å². The van der Waals surface area contributed by atoms with Crippen molar-refractivity contribution in [2.24, 2.45) is 9.98 Å². The number of hydrogen-bond acceptors (Lipinski definition) is 3. The van der Waals surface area contributed by atoms with Gasteiger partial charge in [-0.15, -0.1) is 0 Å². The highest BCUT2D eigenvalue weighted by molar-refractivity contribution is 6.65. The van der Waals surface area contributed by atoms with Gasteiger partial charge < -0.3 is 0 Å². The Balaban J connectivity index is 5.03. The predicted molar refractivity (Wildman–Crippen MR) is 56.8 cm³/mol. The van der Waals surface area contributed by atoms with Gasteiger partial charge in [0.1, 0.15) is 5.71 Å². The highest BCUT2D eigenvalue weighted by Gasteiger charge is 2.09. The molecule has 0 aliphatic carbocycles. The van der Waals surface area contributed by atoms with E-state index in [1.807, 2.05) is 19.9 Å². The zero-order valence-corrected chi connectivity index (χ0v) is 8.66. The van der Waals surface area contributed by atoms with Crippen LogP contribution in [0.15, 0.2) is 21.6 Å². The zero-order chi connectivity index (χ0) is 10.3. The number of aliphatic imine (C=N–C) groups is 2. The van der Waals surface area contributed by atoms with Gasteiger partial charge in [-0.25, -0.2) is 0 Å². The molecule has 3 nitrogen and oxygen atoms in total. The molecule has 0 unspecified atom stereocenters. The third-order valence-corrected chi connectivity index (χ3v) is 1.85. The Kier molecular flexibility index (Phi) is 5.68. The van der Waals surface area contributed by atoms with Crippen LogP contribution >= 0.6 is 0 Å². The predicted octanol–water partition coefficient (Wildman–Crippen LogP) is 1.68. The molecule has 0 aliphatic heterocycles. The molecule has 0 N–H and O–H groups in total. The maximum atomic E-state index is 10.6. The van der Waals surface area contributed by atoms with Crippen LogP contribution in [0, 0.1) is 0 Å². The Labute approximate surface area is 79.3 Å². The molecule has 0 aliphatic rings. The first kappa shape index (κ1) is 11.8. The van der Waals surface area contributed by atoms with Gasteiger partial charge in [0.15, 0.2) is 6.29 Å². The van der Waals surface area contributed by atoms with E-state index in [-0.39, 0.29) is 0 Å². The molecule has 0 heterocycles. The molecule has 0 aromatic rings. The third-order valence-electron chi connectivity index (χ3n) is 1.85. The summed E-state index contributed by atoms with van der Waals surface area (Å²) < 4.78 is 0. The average Bonchev–Trinajstić information content (AvgIpc) is 2.18. The lowest BCUT2D eigenvalue weighted by Gasteiger charge is -2.05. The van der Waals surface area contributed by atoms with Crippen LogP contribution < -0.4 is 0 Å². The molecule has 0 amide bonds. The summed E-state index contributed by atoms with van der Waals surface area (Å²) in [5.41, 5.74) is 2.16. The Hall–Kier alpha value is -1.25. The quantitative estimate of drug-likeness (QED) is 0.479. The fourth-order valence-electron chi connectivity index (χ4n) is 1.15. The molecule has 0 saturated heterocycles. The van der Waals surface area contributed by atoms with Crippen molar-refractivity contribution in [3.8, 4) is 0 Å². The van der Waals surface area contributed by atoms with Crippen LogP contribution in [0.5, 0.6) is 0 Å². The van der Waals surface area contributed by atoms with E-state index in [0.29, 0.717) is 11.4 Å². The molecule has 0 aromatic carbocycles. The molecule has 3 heteroatoms. The molecular formula is C10H16N2O. The molecule has 0 spiro atoms. The van der Waals surface area contributed by atoms with E-state index in [0.717, 1.165) is 18.3 Å². The minimum absolute atomic E-state index is 0.414. The van der Waals surface area contributed by atoms with Crippen molar-refractivity contribution in [2.45, 2.75) is 20.3 Å². The van der Waals surface area contributed by atoms with Crippen molar-refractivity contribution in [3.63, 3.8) is 0 Å². The van der Waals surface area contributed by atoms with E-state index < -0.39 is 0 Å². The Morgan fingerprint density at radius 1 is 1.31 bits per heavy atom. The highest BCUT2D eigenvalue weighted by atomic mass is 16.1. The summed E-state index contributed by atoms with van der Waals surface area (Å²) in [7, 11) is 3.26. The molecule has 0 bridgehead atoms. The number of nitrogens with zero attached hydrogens (tertiary/aromatic N) is 2. The standard InChI is InChI=1S/C10H16N2O/c1-5-8(6-2)10(12-4)9(7-13)11-3/h5,7H,6H2,1-4H3/b8-5+,11-9-,12-10-. The second kappa shape index (κ2) is 6.29. The first-order chi connectivity index (χ1) is 6.24. The second-order valence-corrected chi connectivity index (χ2v) is 2.47. The topological polar surface area (TPSA) is 41.8 Å². The first-order valence-corrected chi connectivity index (χ1v) is 4.29. The van der Waals surface area contributed by atoms with Crippen molar-refractivity contribution in [3.05, 3.63) is 11.6 Å². The van der Waals surface area contributed by atoms with E-state index in [4.69, 9.17) is 0 Å². The van der Waals surface area contributed by atoms with Crippen LogP contribution in [0.2, 0.25) is 0 Å². The summed E-state index contributed by atoms with van der Waals surface area (Å²) in [5, 5.41) is 0. The number of rotatable bonds is 4. The minimum atomic E-state index is 0.414. The van der Waals surface area contributed by atoms with Crippen molar-refractivity contribution in [1.82, 2.24) is 0 Å². The van der Waals surface area contributed by atoms with E-state index in [2.05, 4.69) is 9.98 Å². The van der Waals surface area contributed by atoms with Crippen molar-refractivity contribution in [2.75, 3.05) is 14.1 Å². The maximum Gasteiger partial charge on any atom is 0.170 e. The third kappa shape index (κ3) is 2.93. The summed E-state index contributed by atoms with van der Waals surface area (Å²) in [5.74, 6) is 0. The van der Waals surface area contributed by atoms with Gasteiger partial charge in [0.2, 0.25) is 0 Å². The maximum absolute atomic E-state index is 10.6. The summed E-state index contributed by atoms with van der Waals surface area (Å²) >= 11 is 0. The molecule has 72 valence electrons. The highest BCUT2D eigenvalue weighted by Crippen LogP contribution is 2.04. The lowest BCUT2D eigenvalue weighted by atomic mass is 10.0. The molecule has 0 aromatic heterocycles. The van der Waals surface area contributed by atoms with Crippen LogP contribution in [0.4, 0.5) is 0 Å². The SMILES string of the molecule is C/C=C(CC)/C(=N/C)C(/C=O)=N\C. The Bertz CT molecular complexity index is 262. The summed E-state index contributed by atoms with van der Waals surface area (Å²) in [4.78, 5) is 18.6. The van der Waals surface area contributed by atoms with E-state index in [9.17, 15) is 4.79 Å². The smallest absolute Gasteiger partial charge is 0.170 e. The van der Waals surface area contributed by atoms with Crippen LogP contribution in [-0.2, 0) is 4.79 Å². The van der Waals surface area contributed by atoms with E-state index >= 15 is 0 Å². The van der Waals surface area contributed by atoms with Crippen LogP contribution in [0.3, 0.4) is 0 Å². The van der Waals surface area contributed by atoms with Gasteiger partial charge in [0, 0.05) is 14.1 Å². The van der Waals surface area contributed by atoms with E-state index in [1.54, 1.807) is 14.1 Å². The fourth-order valence-corrected chi connectivity index (χ4v) is 1.15. The van der Waals surface area contributed by atoms with Crippen molar-refractivity contribution < 1.29 is 4.79 Å². The minimum Gasteiger partial charge on any atom is -0.296 e. The molecule has 0 radical (unpaired) electrons. The average molecular weight is 180 g/mol. The number of aldehydes is 1. The van der Waals surface area contributed by atoms with Crippen LogP contribution in [0.1, 0.15) is 20.3 Å². The molecule has 0 saturated carbocycles. The second-order valence-electron chi connectivity index (χ2n) is 2.47. The van der Waals surface area contributed by atoms with Crippen LogP contribution in [-0.4, -0.2) is 31.8 Å². The molecule has 13 heavy (non-hydrogen) atoms. The van der Waals surface area contributed by atoms with Gasteiger partial charge in [-0.2, -0.15) is 0 Å². The van der Waals surface area contributed by atoms with Gasteiger partial charge in [0.05, 0.1) is 5.71 Å². The summed E-state index contributed by atoms with van der Waals surface area (Å²) in [6, 6.07) is 0. The largest absolute Gasteiger partial charge is 0.296 e. The summed E-state index contributed by atoms with van der Waals surface area (Å²) in [6.07, 6.45) is 3.55. The van der Waals surface area contributed by atoms with Gasteiger partial charge in [-0.3, -0.25) is 14.8 Å². The number of carbonyl (C=O) groups excluding carboxylic acids is 1. The molecular weight excluding hydrogens is 164 g/mol. The van der Waals surface area contributed by atoms with Crippen molar-refractivity contribution >= 4 is 17.7 Å². The fraction of sp³-hybridized carbons (Fsp3) is 0.500. The monoisotopic (exact) mass is 180 g/mol. The molecule has 0 atom stereocenters. The lowest BCUT2D eigenvalue weighted by molar-refractivity contribution is -0.102. The summed E-state index contributed by atoms with van der Waals surface area (Å²) in [6.45, 7) is 3.96. The molecule has 0 fully saturated rings. The van der Waals surface area contributed by atoms with Gasteiger partial charge in [-0.05, 0) is 18.9 Å². The Morgan fingerprint density at radius 3 is 2.15 bits per heavy atom. The lowest BCUT2D eigenvalue weighted by Crippen LogP contribution is -2.17. The van der Waals surface area contributed by atoms with Gasteiger partial charge in [-0.1, -0.05) is 13.0 Å². The van der Waals surface area contributed by atoms with E-state index in [1.165, 1.54) is 0 Å². The first-order valence-electron chi connectivity index (χ1n) is 4.29. The number of allylic oxidation sites excluding steroid dienone is 2.